The van der Waals surface area contributed by atoms with Crippen molar-refractivity contribution < 1.29 is 4.79 Å². The Morgan fingerprint density at radius 3 is 3.12 bits per heavy atom. The highest BCUT2D eigenvalue weighted by atomic mass is 79.9. The lowest BCUT2D eigenvalue weighted by molar-refractivity contribution is 0.189. The van der Waals surface area contributed by atoms with Crippen molar-refractivity contribution >= 4 is 22.0 Å². The summed E-state index contributed by atoms with van der Waals surface area (Å²) in [6.07, 6.45) is 2.51. The maximum atomic E-state index is 11.6. The van der Waals surface area contributed by atoms with E-state index >= 15 is 0 Å². The van der Waals surface area contributed by atoms with Gasteiger partial charge in [-0.2, -0.15) is 0 Å². The van der Waals surface area contributed by atoms with Crippen LogP contribution in [-0.4, -0.2) is 22.5 Å². The molecule has 0 bridgehead atoms. The van der Waals surface area contributed by atoms with Crippen LogP contribution in [0.25, 0.3) is 0 Å². The summed E-state index contributed by atoms with van der Waals surface area (Å²) >= 11 is 3.38. The zero-order chi connectivity index (χ0) is 11.5. The molecule has 0 radical (unpaired) electrons. The Balaban J connectivity index is 2.05. The fraction of sp³-hybridized carbons (Fsp3) is 0.273. The zero-order valence-electron chi connectivity index (χ0n) is 8.74. The quantitative estimate of drug-likeness (QED) is 0.904. The van der Waals surface area contributed by atoms with Crippen molar-refractivity contribution in [1.82, 2.24) is 15.2 Å². The predicted molar refractivity (Wildman–Crippen MR) is 64.6 cm³/mol. The smallest absolute Gasteiger partial charge is 0.318 e. The lowest BCUT2D eigenvalue weighted by atomic mass is 10.2. The first-order valence-corrected chi connectivity index (χ1v) is 5.78. The van der Waals surface area contributed by atoms with Gasteiger partial charge in [0.2, 0.25) is 0 Å². The van der Waals surface area contributed by atoms with Crippen LogP contribution >= 0.6 is 15.9 Å². The van der Waals surface area contributed by atoms with Gasteiger partial charge in [-0.05, 0) is 12.1 Å². The first-order valence-electron chi connectivity index (χ1n) is 4.99. The minimum absolute atomic E-state index is 0.0991. The Morgan fingerprint density at radius 2 is 2.44 bits per heavy atom. The first kappa shape index (κ1) is 11.1. The molecule has 84 valence electrons. The molecule has 0 aromatic carbocycles. The van der Waals surface area contributed by atoms with Gasteiger partial charge in [-0.15, -0.1) is 0 Å². The second-order valence-corrected chi connectivity index (χ2v) is 4.59. The van der Waals surface area contributed by atoms with E-state index in [0.29, 0.717) is 13.1 Å². The number of hydrogen-bond acceptors (Lipinski definition) is 2. The van der Waals surface area contributed by atoms with Gasteiger partial charge in [0.05, 0.1) is 12.2 Å². The van der Waals surface area contributed by atoms with Crippen molar-refractivity contribution in [3.05, 3.63) is 40.8 Å². The summed E-state index contributed by atoms with van der Waals surface area (Å²) in [6, 6.07) is 3.68. The van der Waals surface area contributed by atoms with E-state index in [0.717, 1.165) is 22.3 Å². The number of aromatic nitrogens is 1. The summed E-state index contributed by atoms with van der Waals surface area (Å²) in [7, 11) is 0. The van der Waals surface area contributed by atoms with E-state index in [1.807, 2.05) is 12.1 Å². The molecule has 4 nitrogen and oxygen atoms in total. The molecule has 0 atom stereocenters. The number of nitrogens with one attached hydrogen (secondary N) is 1. The van der Waals surface area contributed by atoms with Crippen LogP contribution in [0.2, 0.25) is 0 Å². The lowest BCUT2D eigenvalue weighted by Gasteiger charge is -2.28. The summed E-state index contributed by atoms with van der Waals surface area (Å²) in [6.45, 7) is 4.96. The molecule has 1 N–H and O–H groups in total. The maximum Gasteiger partial charge on any atom is 0.321 e. The van der Waals surface area contributed by atoms with Crippen LogP contribution in [0.5, 0.6) is 0 Å². The Kier molecular flexibility index (Phi) is 3.24. The third-order valence-corrected chi connectivity index (χ3v) is 2.88. The zero-order valence-corrected chi connectivity index (χ0v) is 10.3. The number of carbonyl (C=O) groups is 1. The van der Waals surface area contributed by atoms with Crippen LogP contribution in [0, 0.1) is 0 Å². The molecular formula is C11H12BrN3O. The van der Waals surface area contributed by atoms with E-state index < -0.39 is 0 Å². The highest BCUT2D eigenvalue weighted by Gasteiger charge is 2.19. The highest BCUT2D eigenvalue weighted by Crippen LogP contribution is 2.13. The predicted octanol–water partition coefficient (Wildman–Crippen LogP) is 2.27. The minimum atomic E-state index is -0.0991. The van der Waals surface area contributed by atoms with Crippen LogP contribution in [0.4, 0.5) is 4.79 Å². The molecule has 2 amide bonds. The number of carbonyl (C=O) groups excluding carboxylic acids is 1. The summed E-state index contributed by atoms with van der Waals surface area (Å²) in [5.41, 5.74) is 1.65. The molecule has 1 aromatic rings. The first-order chi connectivity index (χ1) is 7.65. The largest absolute Gasteiger partial charge is 0.321 e. The number of hydrogen-bond donors (Lipinski definition) is 1. The van der Waals surface area contributed by atoms with Crippen molar-refractivity contribution in [2.75, 3.05) is 6.54 Å². The van der Waals surface area contributed by atoms with Crippen molar-refractivity contribution in [1.29, 1.82) is 0 Å². The van der Waals surface area contributed by atoms with Crippen LogP contribution in [0.3, 0.4) is 0 Å². The Hall–Kier alpha value is -1.36. The van der Waals surface area contributed by atoms with Gasteiger partial charge in [-0.1, -0.05) is 22.5 Å². The van der Waals surface area contributed by atoms with Crippen LogP contribution < -0.4 is 5.32 Å². The number of nitrogens with zero attached hydrogens (tertiary/aromatic N) is 2. The molecular weight excluding hydrogens is 270 g/mol. The molecule has 0 unspecified atom stereocenters. The van der Waals surface area contributed by atoms with Gasteiger partial charge < -0.3 is 10.2 Å². The van der Waals surface area contributed by atoms with Crippen LogP contribution in [0.1, 0.15) is 12.1 Å². The second-order valence-electron chi connectivity index (χ2n) is 3.67. The molecule has 0 saturated carbocycles. The van der Waals surface area contributed by atoms with Gasteiger partial charge in [0.25, 0.3) is 0 Å². The number of amides is 2. The summed E-state index contributed by atoms with van der Waals surface area (Å²) in [5.74, 6) is 0. The maximum absolute atomic E-state index is 11.6. The fourth-order valence-electron chi connectivity index (χ4n) is 1.55. The number of rotatable bonds is 2. The van der Waals surface area contributed by atoms with Crippen molar-refractivity contribution in [2.24, 2.45) is 0 Å². The molecule has 0 spiro atoms. The number of halogens is 1. The number of pyridine rings is 1. The Morgan fingerprint density at radius 1 is 1.62 bits per heavy atom. The minimum Gasteiger partial charge on any atom is -0.318 e. The van der Waals surface area contributed by atoms with Crippen molar-refractivity contribution in [3.8, 4) is 0 Å². The van der Waals surface area contributed by atoms with E-state index in [1.165, 1.54) is 0 Å². The monoisotopic (exact) mass is 281 g/mol. The molecule has 5 heteroatoms. The average molecular weight is 282 g/mol. The standard InChI is InChI=1S/C11H12BrN3O/c1-8-3-5-15(11(16)14-8)7-10-6-9(12)2-4-13-10/h2,4,6H,1,3,5,7H2,(H,14,16). The molecule has 1 aliphatic rings. The van der Waals surface area contributed by atoms with Crippen LogP contribution in [0.15, 0.2) is 35.1 Å². The third kappa shape index (κ3) is 2.61. The average Bonchev–Trinajstić information content (AvgIpc) is 2.22. The molecule has 16 heavy (non-hydrogen) atoms. The summed E-state index contributed by atoms with van der Waals surface area (Å²) < 4.78 is 0.972. The van der Waals surface area contributed by atoms with Gasteiger partial charge in [-0.3, -0.25) is 4.98 Å². The van der Waals surface area contributed by atoms with Crippen molar-refractivity contribution in [3.63, 3.8) is 0 Å². The highest BCUT2D eigenvalue weighted by molar-refractivity contribution is 9.10. The van der Waals surface area contributed by atoms with E-state index in [-0.39, 0.29) is 6.03 Å². The topological polar surface area (TPSA) is 45.2 Å². The van der Waals surface area contributed by atoms with Gasteiger partial charge in [-0.25, -0.2) is 4.79 Å². The van der Waals surface area contributed by atoms with Gasteiger partial charge in [0.1, 0.15) is 0 Å². The molecule has 1 aliphatic heterocycles. The van der Waals surface area contributed by atoms with E-state index in [2.05, 4.69) is 32.8 Å². The Labute approximate surface area is 102 Å². The molecule has 1 saturated heterocycles. The molecule has 2 rings (SSSR count). The third-order valence-electron chi connectivity index (χ3n) is 2.39. The SMILES string of the molecule is C=C1CCN(Cc2cc(Br)ccn2)C(=O)N1. The normalized spacial score (nSPS) is 16.2. The van der Waals surface area contributed by atoms with Crippen LogP contribution in [-0.2, 0) is 6.54 Å². The van der Waals surface area contributed by atoms with Gasteiger partial charge >= 0.3 is 6.03 Å². The summed E-state index contributed by atoms with van der Waals surface area (Å²) in [5, 5.41) is 2.72. The summed E-state index contributed by atoms with van der Waals surface area (Å²) in [4.78, 5) is 17.5. The molecule has 2 heterocycles. The Bertz CT molecular complexity index is 433. The molecule has 1 fully saturated rings. The molecule has 0 aliphatic carbocycles. The van der Waals surface area contributed by atoms with Gasteiger partial charge in [0, 0.05) is 29.3 Å². The van der Waals surface area contributed by atoms with E-state index in [4.69, 9.17) is 0 Å². The second kappa shape index (κ2) is 4.65. The van der Waals surface area contributed by atoms with E-state index in [9.17, 15) is 4.79 Å². The molecule has 1 aromatic heterocycles. The lowest BCUT2D eigenvalue weighted by Crippen LogP contribution is -2.44. The fourth-order valence-corrected chi connectivity index (χ4v) is 1.93. The van der Waals surface area contributed by atoms with E-state index in [1.54, 1.807) is 11.1 Å². The van der Waals surface area contributed by atoms with Crippen molar-refractivity contribution in [2.45, 2.75) is 13.0 Å². The van der Waals surface area contributed by atoms with Gasteiger partial charge in [0.15, 0.2) is 0 Å². The number of urea groups is 1.